The number of rotatable bonds is 3. The Labute approximate surface area is 143 Å². The van der Waals surface area contributed by atoms with Gasteiger partial charge in [-0.15, -0.1) is 0 Å². The molecule has 1 unspecified atom stereocenters. The predicted octanol–water partition coefficient (Wildman–Crippen LogP) is 1.28. The lowest BCUT2D eigenvalue weighted by atomic mass is 9.74. The molecule has 0 radical (unpaired) electrons. The molecule has 0 spiro atoms. The maximum absolute atomic E-state index is 12.2. The van der Waals surface area contributed by atoms with Crippen molar-refractivity contribution in [3.05, 3.63) is 35.5 Å². The van der Waals surface area contributed by atoms with E-state index in [1.807, 2.05) is 0 Å². The van der Waals surface area contributed by atoms with Gasteiger partial charge in [0.15, 0.2) is 0 Å². The van der Waals surface area contributed by atoms with E-state index in [1.165, 1.54) is 26.3 Å². The minimum atomic E-state index is -3.41. The first-order chi connectivity index (χ1) is 11.4. The van der Waals surface area contributed by atoms with Gasteiger partial charge in [-0.1, -0.05) is 12.1 Å². The Bertz CT molecular complexity index is 874. The number of piperidine rings is 1. The zero-order valence-electron chi connectivity index (χ0n) is 14.3. The Morgan fingerprint density at radius 2 is 2.12 bits per heavy atom. The van der Waals surface area contributed by atoms with Crippen LogP contribution in [0.2, 0.25) is 0 Å². The van der Waals surface area contributed by atoms with Crippen LogP contribution in [0.1, 0.15) is 23.5 Å². The van der Waals surface area contributed by atoms with E-state index < -0.39 is 10.2 Å². The quantitative estimate of drug-likeness (QED) is 0.878. The average molecular weight is 348 g/mol. The summed E-state index contributed by atoms with van der Waals surface area (Å²) < 4.78 is 28.5. The summed E-state index contributed by atoms with van der Waals surface area (Å²) >= 11 is 0. The Morgan fingerprint density at radius 3 is 2.88 bits per heavy atom. The topological polar surface area (TPSA) is 68.4 Å². The van der Waals surface area contributed by atoms with Crippen LogP contribution < -0.4 is 4.72 Å². The number of likely N-dealkylation sites (tertiary alicyclic amines) is 1. The molecule has 3 atom stereocenters. The molecule has 0 saturated carbocycles. The van der Waals surface area contributed by atoms with Gasteiger partial charge >= 0.3 is 0 Å². The summed E-state index contributed by atoms with van der Waals surface area (Å²) in [6, 6.07) is 6.76. The molecule has 2 heterocycles. The van der Waals surface area contributed by atoms with Gasteiger partial charge in [0.1, 0.15) is 0 Å². The van der Waals surface area contributed by atoms with E-state index in [-0.39, 0.29) is 6.04 Å². The number of aromatic amines is 1. The molecule has 1 aliphatic carbocycles. The summed E-state index contributed by atoms with van der Waals surface area (Å²) in [6.45, 7) is 0.740. The number of nitrogens with zero attached hydrogens (tertiary/aromatic N) is 2. The van der Waals surface area contributed by atoms with Crippen LogP contribution in [0.4, 0.5) is 0 Å². The second kappa shape index (κ2) is 5.56. The molecule has 4 rings (SSSR count). The third kappa shape index (κ3) is 2.47. The fourth-order valence-electron chi connectivity index (χ4n) is 4.34. The lowest BCUT2D eigenvalue weighted by Crippen LogP contribution is -2.56. The van der Waals surface area contributed by atoms with Crippen molar-refractivity contribution in [1.82, 2.24) is 18.9 Å². The monoisotopic (exact) mass is 348 g/mol. The van der Waals surface area contributed by atoms with Crippen molar-refractivity contribution in [3.8, 4) is 0 Å². The van der Waals surface area contributed by atoms with Crippen LogP contribution in [0, 0.1) is 0 Å². The Hall–Kier alpha value is -1.41. The Morgan fingerprint density at radius 1 is 1.33 bits per heavy atom. The van der Waals surface area contributed by atoms with Gasteiger partial charge < -0.3 is 9.88 Å². The number of hydrogen-bond donors (Lipinski definition) is 2. The van der Waals surface area contributed by atoms with Crippen LogP contribution >= 0.6 is 0 Å². The number of nitrogens with one attached hydrogen (secondary N) is 2. The van der Waals surface area contributed by atoms with Crippen molar-refractivity contribution in [3.63, 3.8) is 0 Å². The molecule has 0 bridgehead atoms. The molecule has 7 heteroatoms. The average Bonchev–Trinajstić information content (AvgIpc) is 2.93. The first-order valence-corrected chi connectivity index (χ1v) is 9.79. The van der Waals surface area contributed by atoms with Crippen LogP contribution in [0.15, 0.2) is 24.4 Å². The van der Waals surface area contributed by atoms with Gasteiger partial charge in [0.25, 0.3) is 10.2 Å². The van der Waals surface area contributed by atoms with Gasteiger partial charge in [0, 0.05) is 55.7 Å². The van der Waals surface area contributed by atoms with E-state index in [4.69, 9.17) is 0 Å². The summed E-state index contributed by atoms with van der Waals surface area (Å²) in [6.07, 6.45) is 3.98. The number of H-pyrrole nitrogens is 1. The molecule has 24 heavy (non-hydrogen) atoms. The highest BCUT2D eigenvalue weighted by atomic mass is 32.2. The van der Waals surface area contributed by atoms with Crippen molar-refractivity contribution in [1.29, 1.82) is 0 Å². The molecule has 1 aromatic heterocycles. The molecule has 1 aromatic carbocycles. The molecule has 130 valence electrons. The second-order valence-electron chi connectivity index (χ2n) is 7.24. The van der Waals surface area contributed by atoms with Crippen LogP contribution in [0.25, 0.3) is 10.9 Å². The highest BCUT2D eigenvalue weighted by Gasteiger charge is 2.40. The Balaban J connectivity index is 1.69. The highest BCUT2D eigenvalue weighted by molar-refractivity contribution is 7.87. The second-order valence-corrected chi connectivity index (χ2v) is 9.16. The minimum absolute atomic E-state index is 0.0700. The molecule has 6 nitrogen and oxygen atoms in total. The summed E-state index contributed by atoms with van der Waals surface area (Å²) in [5.74, 6) is 0.352. The normalized spacial score (nSPS) is 27.6. The molecule has 0 amide bonds. The number of aromatic nitrogens is 1. The van der Waals surface area contributed by atoms with E-state index in [9.17, 15) is 8.42 Å². The van der Waals surface area contributed by atoms with Crippen LogP contribution in [-0.4, -0.2) is 62.4 Å². The lowest BCUT2D eigenvalue weighted by Gasteiger charge is -2.45. The maximum atomic E-state index is 12.2. The number of benzene rings is 1. The number of hydrogen-bond acceptors (Lipinski definition) is 3. The fourth-order valence-corrected chi connectivity index (χ4v) is 5.15. The SMILES string of the molecule is CN1C[C@@H](NS(=O)(=O)N(C)C)CC2c3cccc4[nH]cc(c34)C[C@H]21. The standard InChI is InChI=1S/C17H24N4O2S/c1-20(2)24(22,23)19-12-8-14-13-5-4-6-15-17(13)11(9-18-15)7-16(14)21(3)10-12/h4-6,9,12,14,16,18-19H,7-8,10H2,1-3H3/t12-,14?,16+/m0/s1. The van der Waals surface area contributed by atoms with Crippen LogP contribution in [0.3, 0.4) is 0 Å². The fraction of sp³-hybridized carbons (Fsp3) is 0.529. The van der Waals surface area contributed by atoms with E-state index in [0.29, 0.717) is 12.0 Å². The van der Waals surface area contributed by atoms with E-state index in [0.717, 1.165) is 19.4 Å². The zero-order valence-corrected chi connectivity index (χ0v) is 15.1. The van der Waals surface area contributed by atoms with Crippen molar-refractivity contribution >= 4 is 21.1 Å². The van der Waals surface area contributed by atoms with Crippen LogP contribution in [0.5, 0.6) is 0 Å². The van der Waals surface area contributed by atoms with Gasteiger partial charge in [-0.3, -0.25) is 0 Å². The molecular formula is C17H24N4O2S. The molecule has 2 aromatic rings. The summed E-state index contributed by atoms with van der Waals surface area (Å²) in [5, 5.41) is 1.34. The van der Waals surface area contributed by atoms with Gasteiger partial charge in [-0.05, 0) is 37.1 Å². The van der Waals surface area contributed by atoms with Gasteiger partial charge in [-0.2, -0.15) is 17.4 Å². The Kier molecular flexibility index (Phi) is 3.72. The predicted molar refractivity (Wildman–Crippen MR) is 95.3 cm³/mol. The van der Waals surface area contributed by atoms with Gasteiger partial charge in [0.05, 0.1) is 0 Å². The van der Waals surface area contributed by atoms with Crippen molar-refractivity contribution in [2.24, 2.45) is 0 Å². The van der Waals surface area contributed by atoms with Crippen molar-refractivity contribution < 1.29 is 8.42 Å². The number of likely N-dealkylation sites (N-methyl/N-ethyl adjacent to an activating group) is 1. The largest absolute Gasteiger partial charge is 0.361 e. The van der Waals surface area contributed by atoms with Gasteiger partial charge in [-0.25, -0.2) is 0 Å². The molecular weight excluding hydrogens is 324 g/mol. The van der Waals surface area contributed by atoms with E-state index in [2.05, 4.69) is 46.0 Å². The maximum Gasteiger partial charge on any atom is 0.279 e. The smallest absolute Gasteiger partial charge is 0.279 e. The first kappa shape index (κ1) is 16.1. The number of fused-ring (bicyclic) bond motifs is 2. The van der Waals surface area contributed by atoms with Gasteiger partial charge in [0.2, 0.25) is 0 Å². The summed E-state index contributed by atoms with van der Waals surface area (Å²) in [5.41, 5.74) is 3.90. The summed E-state index contributed by atoms with van der Waals surface area (Å²) in [7, 11) is 1.81. The highest BCUT2D eigenvalue weighted by Crippen LogP contribution is 2.42. The summed E-state index contributed by atoms with van der Waals surface area (Å²) in [4.78, 5) is 5.68. The third-order valence-electron chi connectivity index (χ3n) is 5.52. The van der Waals surface area contributed by atoms with Crippen molar-refractivity contribution in [2.75, 3.05) is 27.7 Å². The van der Waals surface area contributed by atoms with Crippen LogP contribution in [-0.2, 0) is 16.6 Å². The van der Waals surface area contributed by atoms with E-state index in [1.54, 1.807) is 14.1 Å². The minimum Gasteiger partial charge on any atom is -0.361 e. The molecule has 1 fully saturated rings. The molecule has 2 aliphatic rings. The first-order valence-electron chi connectivity index (χ1n) is 8.35. The molecule has 1 saturated heterocycles. The lowest BCUT2D eigenvalue weighted by molar-refractivity contribution is 0.135. The molecule has 1 aliphatic heterocycles. The molecule has 2 N–H and O–H groups in total. The van der Waals surface area contributed by atoms with E-state index >= 15 is 0 Å². The third-order valence-corrected chi connectivity index (χ3v) is 7.11. The zero-order chi connectivity index (χ0) is 17.1. The van der Waals surface area contributed by atoms with Crippen molar-refractivity contribution in [2.45, 2.75) is 30.8 Å².